The van der Waals surface area contributed by atoms with E-state index in [1.807, 2.05) is 0 Å². The van der Waals surface area contributed by atoms with Crippen molar-refractivity contribution in [3.63, 3.8) is 0 Å². The van der Waals surface area contributed by atoms with Crippen LogP contribution in [0.1, 0.15) is 31.9 Å². The number of hydrogen-bond donors (Lipinski definition) is 2. The summed E-state index contributed by atoms with van der Waals surface area (Å²) in [6, 6.07) is 12.7. The molecule has 0 spiro atoms. The Hall–Kier alpha value is -3.24. The Morgan fingerprint density at radius 2 is 1.73 bits per heavy atom. The lowest BCUT2D eigenvalue weighted by Gasteiger charge is -2.22. The number of urea groups is 1. The maximum absolute atomic E-state index is 13.0. The Kier molecular flexibility index (Phi) is 6.89. The van der Waals surface area contributed by atoms with E-state index in [-0.39, 0.29) is 10.6 Å². The molecule has 0 bridgehead atoms. The average molecular weight is 473 g/mol. The first-order valence-corrected chi connectivity index (χ1v) is 12.1. The van der Waals surface area contributed by atoms with Gasteiger partial charge in [0.05, 0.1) is 4.90 Å². The third-order valence-corrected chi connectivity index (χ3v) is 7.91. The van der Waals surface area contributed by atoms with Crippen LogP contribution >= 0.6 is 0 Å². The molecule has 1 atom stereocenters. The molecule has 4 amide bonds. The molecule has 0 unspecified atom stereocenters. The second-order valence-electron chi connectivity index (χ2n) is 7.93. The molecular weight excluding hydrogens is 444 g/mol. The molecule has 10 heteroatoms. The molecule has 0 aromatic heterocycles. The van der Waals surface area contributed by atoms with Crippen molar-refractivity contribution < 1.29 is 22.8 Å². The van der Waals surface area contributed by atoms with Crippen LogP contribution in [0.4, 0.5) is 10.5 Å². The van der Waals surface area contributed by atoms with E-state index in [1.54, 1.807) is 70.2 Å². The standard InChI is InChI=1S/C23H28N4O5S/c1-5-26(6-2)33(31,32)19-14-18(13-12-16(19)3)24-20(28)15-27-21(29)23(4,25-22(27)30)17-10-8-7-9-11-17/h7-14H,5-6,15H2,1-4H3,(H,24,28)(H,25,30)/t23-/m1/s1. The van der Waals surface area contributed by atoms with E-state index in [1.165, 1.54) is 10.4 Å². The minimum absolute atomic E-state index is 0.0932. The molecule has 2 aromatic carbocycles. The molecule has 1 aliphatic heterocycles. The number of carbonyl (C=O) groups is 3. The molecule has 176 valence electrons. The third-order valence-electron chi connectivity index (χ3n) is 5.72. The summed E-state index contributed by atoms with van der Waals surface area (Å²) >= 11 is 0. The lowest BCUT2D eigenvalue weighted by atomic mass is 9.92. The van der Waals surface area contributed by atoms with Gasteiger partial charge in [0.25, 0.3) is 5.91 Å². The number of rotatable bonds is 8. The highest BCUT2D eigenvalue weighted by Gasteiger charge is 2.49. The molecule has 9 nitrogen and oxygen atoms in total. The Labute approximate surface area is 193 Å². The van der Waals surface area contributed by atoms with Crippen LogP contribution in [0.2, 0.25) is 0 Å². The van der Waals surface area contributed by atoms with Crippen LogP contribution in [0.25, 0.3) is 0 Å². The molecular formula is C23H28N4O5S. The summed E-state index contributed by atoms with van der Waals surface area (Å²) in [5.74, 6) is -1.16. The summed E-state index contributed by atoms with van der Waals surface area (Å²) in [6.45, 7) is 6.92. The van der Waals surface area contributed by atoms with E-state index >= 15 is 0 Å². The van der Waals surface area contributed by atoms with E-state index in [2.05, 4.69) is 10.6 Å². The van der Waals surface area contributed by atoms with Gasteiger partial charge in [-0.1, -0.05) is 50.2 Å². The average Bonchev–Trinajstić information content (AvgIpc) is 3.00. The molecule has 0 aliphatic carbocycles. The Balaban J connectivity index is 1.78. The third kappa shape index (κ3) is 4.62. The quantitative estimate of drug-likeness (QED) is 0.573. The van der Waals surface area contributed by atoms with Crippen LogP contribution in [-0.4, -0.2) is 55.1 Å². The van der Waals surface area contributed by atoms with Gasteiger partial charge in [-0.3, -0.25) is 14.5 Å². The van der Waals surface area contributed by atoms with Crippen LogP contribution in [0.15, 0.2) is 53.4 Å². The number of amides is 4. The van der Waals surface area contributed by atoms with Crippen molar-refractivity contribution in [1.29, 1.82) is 0 Å². The number of aryl methyl sites for hydroxylation is 1. The summed E-state index contributed by atoms with van der Waals surface area (Å²) in [5.41, 5.74) is 0.144. The molecule has 3 rings (SSSR count). The fourth-order valence-corrected chi connectivity index (χ4v) is 5.52. The number of nitrogens with one attached hydrogen (secondary N) is 2. The molecule has 33 heavy (non-hydrogen) atoms. The predicted octanol–water partition coefficient (Wildman–Crippen LogP) is 2.43. The van der Waals surface area contributed by atoms with E-state index < -0.39 is 40.0 Å². The number of benzene rings is 2. The van der Waals surface area contributed by atoms with E-state index in [4.69, 9.17) is 0 Å². The molecule has 2 N–H and O–H groups in total. The van der Waals surface area contributed by atoms with Crippen LogP contribution in [0, 0.1) is 6.92 Å². The van der Waals surface area contributed by atoms with E-state index in [0.29, 0.717) is 24.2 Å². The van der Waals surface area contributed by atoms with Crippen molar-refractivity contribution >= 4 is 33.6 Å². The largest absolute Gasteiger partial charge is 0.325 e. The lowest BCUT2D eigenvalue weighted by Crippen LogP contribution is -2.42. The number of imide groups is 1. The van der Waals surface area contributed by atoms with Crippen LogP contribution in [-0.2, 0) is 25.2 Å². The first kappa shape index (κ1) is 24.4. The van der Waals surface area contributed by atoms with E-state index in [9.17, 15) is 22.8 Å². The Morgan fingerprint density at radius 3 is 2.33 bits per heavy atom. The van der Waals surface area contributed by atoms with Gasteiger partial charge in [-0.2, -0.15) is 4.31 Å². The Bertz CT molecular complexity index is 1180. The smallest absolute Gasteiger partial charge is 0.324 e. The van der Waals surface area contributed by atoms with Crippen LogP contribution in [0.3, 0.4) is 0 Å². The SMILES string of the molecule is CCN(CC)S(=O)(=O)c1cc(NC(=O)CN2C(=O)N[C@](C)(c3ccccc3)C2=O)ccc1C. The molecule has 0 saturated carbocycles. The number of sulfonamides is 1. The zero-order valence-corrected chi connectivity index (χ0v) is 19.9. The van der Waals surface area contributed by atoms with Crippen LogP contribution in [0.5, 0.6) is 0 Å². The lowest BCUT2D eigenvalue weighted by molar-refractivity contribution is -0.133. The van der Waals surface area contributed by atoms with E-state index in [0.717, 1.165) is 4.90 Å². The number of nitrogens with zero attached hydrogens (tertiary/aromatic N) is 2. The van der Waals surface area contributed by atoms with Crippen molar-refractivity contribution in [2.24, 2.45) is 0 Å². The van der Waals surface area contributed by atoms with Gasteiger partial charge in [0, 0.05) is 18.8 Å². The summed E-state index contributed by atoms with van der Waals surface area (Å²) < 4.78 is 27.2. The molecule has 1 aliphatic rings. The number of anilines is 1. The highest BCUT2D eigenvalue weighted by molar-refractivity contribution is 7.89. The monoisotopic (exact) mass is 472 g/mol. The molecule has 0 radical (unpaired) electrons. The van der Waals surface area contributed by atoms with Crippen molar-refractivity contribution in [3.05, 3.63) is 59.7 Å². The minimum atomic E-state index is -3.72. The number of hydrogen-bond acceptors (Lipinski definition) is 5. The van der Waals surface area contributed by atoms with Crippen molar-refractivity contribution in [2.45, 2.75) is 38.1 Å². The normalized spacial score (nSPS) is 18.5. The highest BCUT2D eigenvalue weighted by atomic mass is 32.2. The van der Waals surface area contributed by atoms with Crippen molar-refractivity contribution in [1.82, 2.24) is 14.5 Å². The van der Waals surface area contributed by atoms with Crippen LogP contribution < -0.4 is 10.6 Å². The zero-order valence-electron chi connectivity index (χ0n) is 19.1. The van der Waals surface area contributed by atoms with Crippen molar-refractivity contribution in [2.75, 3.05) is 25.0 Å². The molecule has 1 heterocycles. The second-order valence-corrected chi connectivity index (χ2v) is 9.84. The summed E-state index contributed by atoms with van der Waals surface area (Å²) in [6.07, 6.45) is 0. The fourth-order valence-electron chi connectivity index (χ4n) is 3.81. The maximum Gasteiger partial charge on any atom is 0.325 e. The van der Waals surface area contributed by atoms with Gasteiger partial charge in [0.1, 0.15) is 12.1 Å². The molecule has 1 saturated heterocycles. The van der Waals surface area contributed by atoms with Gasteiger partial charge in [-0.25, -0.2) is 13.2 Å². The van der Waals surface area contributed by atoms with Gasteiger partial charge >= 0.3 is 6.03 Å². The van der Waals surface area contributed by atoms with Gasteiger partial charge in [-0.15, -0.1) is 0 Å². The van der Waals surface area contributed by atoms with Gasteiger partial charge < -0.3 is 10.6 Å². The molecule has 1 fully saturated rings. The maximum atomic E-state index is 13.0. The van der Waals surface area contributed by atoms with Crippen molar-refractivity contribution in [3.8, 4) is 0 Å². The Morgan fingerprint density at radius 1 is 1.09 bits per heavy atom. The highest BCUT2D eigenvalue weighted by Crippen LogP contribution is 2.29. The topological polar surface area (TPSA) is 116 Å². The zero-order chi connectivity index (χ0) is 24.4. The minimum Gasteiger partial charge on any atom is -0.324 e. The first-order chi connectivity index (χ1) is 15.5. The summed E-state index contributed by atoms with van der Waals surface area (Å²) in [7, 11) is -3.72. The van der Waals surface area contributed by atoms with Gasteiger partial charge in [-0.05, 0) is 37.1 Å². The summed E-state index contributed by atoms with van der Waals surface area (Å²) in [4.78, 5) is 39.0. The second kappa shape index (κ2) is 9.32. The summed E-state index contributed by atoms with van der Waals surface area (Å²) in [5, 5.41) is 5.25. The van der Waals surface area contributed by atoms with Gasteiger partial charge in [0.15, 0.2) is 0 Å². The number of carbonyl (C=O) groups excluding carboxylic acids is 3. The predicted molar refractivity (Wildman–Crippen MR) is 124 cm³/mol. The van der Waals surface area contributed by atoms with Gasteiger partial charge in [0.2, 0.25) is 15.9 Å². The fraction of sp³-hybridized carbons (Fsp3) is 0.348. The first-order valence-electron chi connectivity index (χ1n) is 10.6. The molecule has 2 aromatic rings.